The minimum atomic E-state index is -1.07. The number of carbonyl (C=O) groups is 2. The SMILES string of the molecule is CC[C@H](NC(=O)Nc1cc(Cl)ccc1Br)C(=O)O. The van der Waals surface area contributed by atoms with Crippen molar-refractivity contribution in [2.24, 2.45) is 0 Å². The molecule has 0 aliphatic rings. The smallest absolute Gasteiger partial charge is 0.326 e. The second kappa shape index (κ2) is 6.61. The molecule has 1 rings (SSSR count). The van der Waals surface area contributed by atoms with Crippen molar-refractivity contribution in [1.82, 2.24) is 5.32 Å². The zero-order chi connectivity index (χ0) is 13.7. The van der Waals surface area contributed by atoms with Crippen molar-refractivity contribution in [3.05, 3.63) is 27.7 Å². The summed E-state index contributed by atoms with van der Waals surface area (Å²) < 4.78 is 0.658. The van der Waals surface area contributed by atoms with Crippen molar-refractivity contribution in [2.75, 3.05) is 5.32 Å². The van der Waals surface area contributed by atoms with Crippen LogP contribution in [0.15, 0.2) is 22.7 Å². The van der Waals surface area contributed by atoms with Crippen LogP contribution in [0.1, 0.15) is 13.3 Å². The highest BCUT2D eigenvalue weighted by atomic mass is 79.9. The third kappa shape index (κ3) is 4.19. The van der Waals surface area contributed by atoms with Crippen LogP contribution >= 0.6 is 27.5 Å². The normalized spacial score (nSPS) is 11.7. The van der Waals surface area contributed by atoms with Gasteiger partial charge in [0.2, 0.25) is 0 Å². The first-order valence-corrected chi connectivity index (χ1v) is 6.36. The number of carbonyl (C=O) groups excluding carboxylic acids is 1. The molecule has 5 nitrogen and oxygen atoms in total. The van der Waals surface area contributed by atoms with Gasteiger partial charge in [-0.3, -0.25) is 0 Å². The van der Waals surface area contributed by atoms with Crippen LogP contribution < -0.4 is 10.6 Å². The van der Waals surface area contributed by atoms with Crippen LogP contribution in [0.3, 0.4) is 0 Å². The van der Waals surface area contributed by atoms with Gasteiger partial charge in [-0.25, -0.2) is 9.59 Å². The molecule has 0 saturated carbocycles. The lowest BCUT2D eigenvalue weighted by Crippen LogP contribution is -2.42. The van der Waals surface area contributed by atoms with E-state index in [9.17, 15) is 9.59 Å². The van der Waals surface area contributed by atoms with Crippen LogP contribution in [0.5, 0.6) is 0 Å². The van der Waals surface area contributed by atoms with Gasteiger partial charge in [-0.2, -0.15) is 0 Å². The molecule has 0 unspecified atom stereocenters. The minimum absolute atomic E-state index is 0.305. The number of rotatable bonds is 4. The Morgan fingerprint density at radius 2 is 2.17 bits per heavy atom. The molecule has 1 aromatic carbocycles. The molecule has 0 fully saturated rings. The van der Waals surface area contributed by atoms with E-state index in [-0.39, 0.29) is 0 Å². The van der Waals surface area contributed by atoms with Crippen LogP contribution in [0.25, 0.3) is 0 Å². The monoisotopic (exact) mass is 334 g/mol. The van der Waals surface area contributed by atoms with E-state index in [1.54, 1.807) is 25.1 Å². The number of urea groups is 1. The van der Waals surface area contributed by atoms with E-state index in [1.165, 1.54) is 0 Å². The molecule has 0 heterocycles. The molecule has 3 N–H and O–H groups in total. The highest BCUT2D eigenvalue weighted by Gasteiger charge is 2.17. The molecule has 0 aliphatic heterocycles. The lowest BCUT2D eigenvalue weighted by molar-refractivity contribution is -0.139. The van der Waals surface area contributed by atoms with E-state index >= 15 is 0 Å². The molecular weight excluding hydrogens is 323 g/mol. The molecule has 7 heteroatoms. The van der Waals surface area contributed by atoms with Gasteiger partial charge in [0, 0.05) is 9.50 Å². The van der Waals surface area contributed by atoms with E-state index in [2.05, 4.69) is 26.6 Å². The zero-order valence-corrected chi connectivity index (χ0v) is 11.9. The number of carboxylic acids is 1. The van der Waals surface area contributed by atoms with Gasteiger partial charge in [0.25, 0.3) is 0 Å². The van der Waals surface area contributed by atoms with Crippen molar-refractivity contribution in [3.8, 4) is 0 Å². The molecule has 0 radical (unpaired) electrons. The van der Waals surface area contributed by atoms with Crippen LogP contribution in [-0.4, -0.2) is 23.1 Å². The molecule has 18 heavy (non-hydrogen) atoms. The number of hydrogen-bond acceptors (Lipinski definition) is 2. The van der Waals surface area contributed by atoms with Crippen molar-refractivity contribution in [1.29, 1.82) is 0 Å². The lowest BCUT2D eigenvalue weighted by Gasteiger charge is -2.14. The van der Waals surface area contributed by atoms with E-state index in [0.29, 0.717) is 21.6 Å². The van der Waals surface area contributed by atoms with Gasteiger partial charge >= 0.3 is 12.0 Å². The van der Waals surface area contributed by atoms with Crippen LogP contribution in [0, 0.1) is 0 Å². The Bertz CT molecular complexity index is 468. The minimum Gasteiger partial charge on any atom is -0.480 e. The summed E-state index contributed by atoms with van der Waals surface area (Å²) in [5, 5.41) is 14.2. The summed E-state index contributed by atoms with van der Waals surface area (Å²) in [4.78, 5) is 22.4. The average Bonchev–Trinajstić information content (AvgIpc) is 2.30. The van der Waals surface area contributed by atoms with Crippen molar-refractivity contribution in [3.63, 3.8) is 0 Å². The first-order chi connectivity index (χ1) is 8.43. The average molecular weight is 336 g/mol. The maximum absolute atomic E-state index is 11.6. The summed E-state index contributed by atoms with van der Waals surface area (Å²) in [5.41, 5.74) is 0.472. The largest absolute Gasteiger partial charge is 0.480 e. The number of carboxylic acid groups (broad SMARTS) is 1. The molecule has 1 atom stereocenters. The molecule has 0 saturated heterocycles. The predicted octanol–water partition coefficient (Wildman–Crippen LogP) is 3.09. The molecule has 0 spiro atoms. The maximum atomic E-state index is 11.6. The molecule has 2 amide bonds. The Labute approximate surface area is 118 Å². The van der Waals surface area contributed by atoms with Gasteiger partial charge in [0.05, 0.1) is 5.69 Å². The molecular formula is C11H12BrClN2O3. The summed E-state index contributed by atoms with van der Waals surface area (Å²) in [6, 6.07) is 3.41. The number of benzene rings is 1. The number of halogens is 2. The van der Waals surface area contributed by atoms with E-state index in [4.69, 9.17) is 16.7 Å². The number of nitrogens with one attached hydrogen (secondary N) is 2. The van der Waals surface area contributed by atoms with Gasteiger partial charge in [-0.15, -0.1) is 0 Å². The summed E-state index contributed by atoms with van der Waals surface area (Å²) >= 11 is 9.05. The molecule has 0 bridgehead atoms. The summed E-state index contributed by atoms with van der Waals surface area (Å²) in [6.07, 6.45) is 0.305. The van der Waals surface area contributed by atoms with E-state index in [0.717, 1.165) is 0 Å². The highest BCUT2D eigenvalue weighted by Crippen LogP contribution is 2.25. The second-order valence-corrected chi connectivity index (χ2v) is 4.81. The Morgan fingerprint density at radius 3 is 2.72 bits per heavy atom. The quantitative estimate of drug-likeness (QED) is 0.791. The highest BCUT2D eigenvalue weighted by molar-refractivity contribution is 9.10. The van der Waals surface area contributed by atoms with Crippen LogP contribution in [-0.2, 0) is 4.79 Å². The third-order valence-electron chi connectivity index (χ3n) is 2.19. The van der Waals surface area contributed by atoms with Crippen LogP contribution in [0.2, 0.25) is 5.02 Å². The fourth-order valence-electron chi connectivity index (χ4n) is 1.25. The first-order valence-electron chi connectivity index (χ1n) is 5.19. The summed E-state index contributed by atoms with van der Waals surface area (Å²) in [7, 11) is 0. The van der Waals surface area contributed by atoms with Gasteiger partial charge in [-0.1, -0.05) is 18.5 Å². The molecule has 0 aliphatic carbocycles. The van der Waals surface area contributed by atoms with Gasteiger partial charge in [0.1, 0.15) is 6.04 Å². The maximum Gasteiger partial charge on any atom is 0.326 e. The Kier molecular flexibility index (Phi) is 5.43. The number of hydrogen-bond donors (Lipinski definition) is 3. The Balaban J connectivity index is 2.70. The first kappa shape index (κ1) is 14.8. The number of anilines is 1. The number of amides is 2. The van der Waals surface area contributed by atoms with Crippen molar-refractivity contribution >= 4 is 45.2 Å². The summed E-state index contributed by atoms with van der Waals surface area (Å²) in [5.74, 6) is -1.07. The fourth-order valence-corrected chi connectivity index (χ4v) is 1.77. The molecule has 0 aromatic heterocycles. The van der Waals surface area contributed by atoms with E-state index < -0.39 is 18.0 Å². The zero-order valence-electron chi connectivity index (χ0n) is 9.54. The predicted molar refractivity (Wildman–Crippen MR) is 73.0 cm³/mol. The van der Waals surface area contributed by atoms with Crippen molar-refractivity contribution < 1.29 is 14.7 Å². The molecule has 98 valence electrons. The topological polar surface area (TPSA) is 78.4 Å². The summed E-state index contributed by atoms with van der Waals surface area (Å²) in [6.45, 7) is 1.67. The lowest BCUT2D eigenvalue weighted by atomic mass is 10.2. The van der Waals surface area contributed by atoms with E-state index in [1.807, 2.05) is 0 Å². The van der Waals surface area contributed by atoms with Crippen LogP contribution in [0.4, 0.5) is 10.5 Å². The Morgan fingerprint density at radius 1 is 1.50 bits per heavy atom. The van der Waals surface area contributed by atoms with Gasteiger partial charge < -0.3 is 15.7 Å². The Hall–Kier alpha value is -1.27. The molecule has 1 aromatic rings. The number of aliphatic carboxylic acids is 1. The van der Waals surface area contributed by atoms with Gasteiger partial charge in [-0.05, 0) is 40.5 Å². The third-order valence-corrected chi connectivity index (χ3v) is 3.11. The van der Waals surface area contributed by atoms with Gasteiger partial charge in [0.15, 0.2) is 0 Å². The standard InChI is InChI=1S/C11H12BrClN2O3/c1-2-8(10(16)17)14-11(18)15-9-5-6(13)3-4-7(9)12/h3-5,8H,2H2,1H3,(H,16,17)(H2,14,15,18)/t8-/m0/s1. The second-order valence-electron chi connectivity index (χ2n) is 3.52. The van der Waals surface area contributed by atoms with Crippen molar-refractivity contribution in [2.45, 2.75) is 19.4 Å². The fraction of sp³-hybridized carbons (Fsp3) is 0.273.